The number of morpholine rings is 1. The summed E-state index contributed by atoms with van der Waals surface area (Å²) >= 11 is 0. The minimum absolute atomic E-state index is 0.758. The second-order valence-electron chi connectivity index (χ2n) is 4.37. The Bertz CT molecular complexity index is 391. The van der Waals surface area contributed by atoms with E-state index in [4.69, 9.17) is 10.00 Å². The molecule has 0 bridgehead atoms. The summed E-state index contributed by atoms with van der Waals surface area (Å²) in [5, 5.41) is 8.82. The van der Waals surface area contributed by atoms with Crippen molar-refractivity contribution in [1.82, 2.24) is 4.90 Å². The van der Waals surface area contributed by atoms with Crippen LogP contribution in [-0.2, 0) is 11.2 Å². The van der Waals surface area contributed by atoms with Gasteiger partial charge in [0.1, 0.15) is 0 Å². The summed E-state index contributed by atoms with van der Waals surface area (Å²) in [4.78, 5) is 2.44. The molecule has 1 fully saturated rings. The number of ether oxygens (including phenoxy) is 1. The highest BCUT2D eigenvalue weighted by molar-refractivity contribution is 5.32. The van der Waals surface area contributed by atoms with Gasteiger partial charge in [-0.3, -0.25) is 4.90 Å². The zero-order chi connectivity index (χ0) is 11.9. The second-order valence-corrected chi connectivity index (χ2v) is 4.37. The van der Waals surface area contributed by atoms with Crippen molar-refractivity contribution in [3.8, 4) is 6.07 Å². The van der Waals surface area contributed by atoms with Crippen LogP contribution in [0.1, 0.15) is 17.5 Å². The van der Waals surface area contributed by atoms with Crippen LogP contribution in [0.25, 0.3) is 0 Å². The zero-order valence-electron chi connectivity index (χ0n) is 10.1. The van der Waals surface area contributed by atoms with Gasteiger partial charge in [0.15, 0.2) is 0 Å². The average molecular weight is 230 g/mol. The smallest absolute Gasteiger partial charge is 0.0991 e. The molecule has 0 saturated carbocycles. The van der Waals surface area contributed by atoms with E-state index < -0.39 is 0 Å². The van der Waals surface area contributed by atoms with E-state index in [9.17, 15) is 0 Å². The highest BCUT2D eigenvalue weighted by Crippen LogP contribution is 2.08. The normalized spacial score (nSPS) is 16.6. The maximum absolute atomic E-state index is 8.82. The lowest BCUT2D eigenvalue weighted by Crippen LogP contribution is -2.36. The Hall–Kier alpha value is -1.37. The van der Waals surface area contributed by atoms with Crippen LogP contribution in [0.5, 0.6) is 0 Å². The highest BCUT2D eigenvalue weighted by atomic mass is 16.5. The summed E-state index contributed by atoms with van der Waals surface area (Å²) in [5.74, 6) is 0. The summed E-state index contributed by atoms with van der Waals surface area (Å²) in [6.07, 6.45) is 2.20. The SMILES string of the molecule is N#Cc1cccc(CCCN2CCOCC2)c1. The summed E-state index contributed by atoms with van der Waals surface area (Å²) in [5.41, 5.74) is 2.02. The van der Waals surface area contributed by atoms with E-state index >= 15 is 0 Å². The molecule has 1 saturated heterocycles. The van der Waals surface area contributed by atoms with Crippen LogP contribution < -0.4 is 0 Å². The number of hydrogen-bond acceptors (Lipinski definition) is 3. The maximum Gasteiger partial charge on any atom is 0.0991 e. The van der Waals surface area contributed by atoms with Crippen LogP contribution in [-0.4, -0.2) is 37.7 Å². The lowest BCUT2D eigenvalue weighted by Gasteiger charge is -2.26. The Kier molecular flexibility index (Phi) is 4.54. The van der Waals surface area contributed by atoms with Gasteiger partial charge < -0.3 is 4.74 Å². The van der Waals surface area contributed by atoms with Gasteiger partial charge >= 0.3 is 0 Å². The van der Waals surface area contributed by atoms with Crippen LogP contribution in [0, 0.1) is 11.3 Å². The van der Waals surface area contributed by atoms with Crippen molar-refractivity contribution < 1.29 is 4.74 Å². The minimum Gasteiger partial charge on any atom is -0.379 e. The van der Waals surface area contributed by atoms with Crippen molar-refractivity contribution in [3.63, 3.8) is 0 Å². The minimum atomic E-state index is 0.758. The molecule has 90 valence electrons. The molecule has 3 heteroatoms. The first-order valence-electron chi connectivity index (χ1n) is 6.17. The summed E-state index contributed by atoms with van der Waals surface area (Å²) in [6, 6.07) is 10.1. The predicted molar refractivity (Wildman–Crippen MR) is 66.7 cm³/mol. The molecule has 0 N–H and O–H groups in total. The van der Waals surface area contributed by atoms with Gasteiger partial charge in [0.2, 0.25) is 0 Å². The Morgan fingerprint density at radius 2 is 2.12 bits per heavy atom. The molecule has 1 heterocycles. The van der Waals surface area contributed by atoms with E-state index in [0.29, 0.717) is 0 Å². The van der Waals surface area contributed by atoms with E-state index in [0.717, 1.165) is 51.3 Å². The van der Waals surface area contributed by atoms with E-state index in [1.807, 2.05) is 18.2 Å². The van der Waals surface area contributed by atoms with Gasteiger partial charge in [0.25, 0.3) is 0 Å². The Morgan fingerprint density at radius 3 is 2.88 bits per heavy atom. The zero-order valence-corrected chi connectivity index (χ0v) is 10.1. The molecule has 0 aromatic heterocycles. The van der Waals surface area contributed by atoms with Gasteiger partial charge in [-0.15, -0.1) is 0 Å². The fraction of sp³-hybridized carbons (Fsp3) is 0.500. The summed E-state index contributed by atoms with van der Waals surface area (Å²) in [7, 11) is 0. The van der Waals surface area contributed by atoms with Gasteiger partial charge in [-0.1, -0.05) is 12.1 Å². The topological polar surface area (TPSA) is 36.3 Å². The molecular formula is C14H18N2O. The number of nitriles is 1. The molecule has 0 radical (unpaired) electrons. The molecule has 3 nitrogen and oxygen atoms in total. The number of hydrogen-bond donors (Lipinski definition) is 0. The van der Waals surface area contributed by atoms with Crippen LogP contribution in [0.4, 0.5) is 0 Å². The molecule has 0 unspecified atom stereocenters. The number of benzene rings is 1. The van der Waals surface area contributed by atoms with Gasteiger partial charge in [0, 0.05) is 13.1 Å². The van der Waals surface area contributed by atoms with Crippen LogP contribution in [0.3, 0.4) is 0 Å². The molecule has 1 aromatic rings. The van der Waals surface area contributed by atoms with Crippen molar-refractivity contribution in [2.45, 2.75) is 12.8 Å². The molecule has 1 aromatic carbocycles. The average Bonchev–Trinajstić information content (AvgIpc) is 2.40. The fourth-order valence-electron chi connectivity index (χ4n) is 2.13. The van der Waals surface area contributed by atoms with E-state index in [1.165, 1.54) is 5.56 Å². The molecule has 2 rings (SSSR count). The van der Waals surface area contributed by atoms with E-state index in [1.54, 1.807) is 0 Å². The standard InChI is InChI=1S/C14H18N2O/c15-12-14-4-1-3-13(11-14)5-2-6-16-7-9-17-10-8-16/h1,3-4,11H,2,5-10H2. The monoisotopic (exact) mass is 230 g/mol. The molecule has 0 aliphatic carbocycles. The lowest BCUT2D eigenvalue weighted by atomic mass is 10.1. The third-order valence-corrected chi connectivity index (χ3v) is 3.10. The Balaban J connectivity index is 1.75. The number of rotatable bonds is 4. The number of nitrogens with zero attached hydrogens (tertiary/aromatic N) is 2. The third-order valence-electron chi connectivity index (χ3n) is 3.10. The molecule has 17 heavy (non-hydrogen) atoms. The largest absolute Gasteiger partial charge is 0.379 e. The molecule has 0 spiro atoms. The Labute approximate surface area is 103 Å². The van der Waals surface area contributed by atoms with E-state index in [2.05, 4.69) is 17.0 Å². The quantitative estimate of drug-likeness (QED) is 0.791. The maximum atomic E-state index is 8.82. The van der Waals surface area contributed by atoms with Gasteiger partial charge in [0.05, 0.1) is 24.8 Å². The van der Waals surface area contributed by atoms with Crippen LogP contribution in [0.15, 0.2) is 24.3 Å². The summed E-state index contributed by atoms with van der Waals surface area (Å²) < 4.78 is 5.32. The Morgan fingerprint density at radius 1 is 1.29 bits per heavy atom. The first-order chi connectivity index (χ1) is 8.38. The van der Waals surface area contributed by atoms with Crippen molar-refractivity contribution in [2.24, 2.45) is 0 Å². The first kappa shape index (κ1) is 12.1. The van der Waals surface area contributed by atoms with Crippen molar-refractivity contribution in [1.29, 1.82) is 5.26 Å². The molecular weight excluding hydrogens is 212 g/mol. The summed E-state index contributed by atoms with van der Waals surface area (Å²) in [6.45, 7) is 4.96. The molecule has 0 amide bonds. The molecule has 1 aliphatic rings. The molecule has 0 atom stereocenters. The lowest BCUT2D eigenvalue weighted by molar-refractivity contribution is 0.0375. The predicted octanol–water partition coefficient (Wildman–Crippen LogP) is 1.82. The van der Waals surface area contributed by atoms with Crippen LogP contribution in [0.2, 0.25) is 0 Å². The van der Waals surface area contributed by atoms with Gasteiger partial charge in [-0.25, -0.2) is 0 Å². The van der Waals surface area contributed by atoms with Gasteiger partial charge in [-0.2, -0.15) is 5.26 Å². The second kappa shape index (κ2) is 6.39. The van der Waals surface area contributed by atoms with Crippen molar-refractivity contribution in [2.75, 3.05) is 32.8 Å². The highest BCUT2D eigenvalue weighted by Gasteiger charge is 2.09. The molecule has 1 aliphatic heterocycles. The van der Waals surface area contributed by atoms with Crippen LogP contribution >= 0.6 is 0 Å². The fourth-order valence-corrected chi connectivity index (χ4v) is 2.13. The van der Waals surface area contributed by atoms with Crippen molar-refractivity contribution in [3.05, 3.63) is 35.4 Å². The van der Waals surface area contributed by atoms with Gasteiger partial charge in [-0.05, 0) is 37.1 Å². The van der Waals surface area contributed by atoms with E-state index in [-0.39, 0.29) is 0 Å². The number of aryl methyl sites for hydroxylation is 1. The third kappa shape index (κ3) is 3.85. The van der Waals surface area contributed by atoms with Crippen molar-refractivity contribution >= 4 is 0 Å². The first-order valence-corrected chi connectivity index (χ1v) is 6.17.